The molecule has 1 fully saturated rings. The lowest BCUT2D eigenvalue weighted by Gasteiger charge is -2.37. The molecule has 4 atom stereocenters. The molecule has 0 unspecified atom stereocenters. The first-order valence-corrected chi connectivity index (χ1v) is 8.14. The number of hydrogen-bond acceptors (Lipinski definition) is 8. The molecular weight excluding hydrogens is 344 g/mol. The molecule has 0 amide bonds. The van der Waals surface area contributed by atoms with Gasteiger partial charge < -0.3 is 24.4 Å². The van der Waals surface area contributed by atoms with Crippen LogP contribution in [0.2, 0.25) is 0 Å². The summed E-state index contributed by atoms with van der Waals surface area (Å²) in [5, 5.41) is 21.6. The Hall–Kier alpha value is -2.45. The number of benzene rings is 1. The van der Waals surface area contributed by atoms with E-state index in [1.807, 2.05) is 0 Å². The Morgan fingerprint density at radius 3 is 2.62 bits per heavy atom. The molecule has 8 heteroatoms. The van der Waals surface area contributed by atoms with E-state index in [4.69, 9.17) is 9.47 Å². The monoisotopic (exact) mass is 364 g/mol. The van der Waals surface area contributed by atoms with Crippen LogP contribution in [0.4, 0.5) is 0 Å². The fourth-order valence-electron chi connectivity index (χ4n) is 4.23. The van der Waals surface area contributed by atoms with Crippen LogP contribution in [0, 0.1) is 5.41 Å². The van der Waals surface area contributed by atoms with Gasteiger partial charge in [-0.3, -0.25) is 9.59 Å². The Balaban J connectivity index is 2.17. The molecule has 26 heavy (non-hydrogen) atoms. The zero-order valence-corrected chi connectivity index (χ0v) is 14.6. The number of carbonyl (C=O) groups excluding carboxylic acids is 3. The second-order valence-corrected chi connectivity index (χ2v) is 6.59. The second-order valence-electron chi connectivity index (χ2n) is 6.59. The molecule has 0 bridgehead atoms. The minimum Gasteiger partial charge on any atom is -0.507 e. The number of aliphatic hydroxyl groups is 1. The first kappa shape index (κ1) is 18.3. The van der Waals surface area contributed by atoms with Gasteiger partial charge in [0, 0.05) is 5.56 Å². The van der Waals surface area contributed by atoms with Crippen LogP contribution >= 0.6 is 0 Å². The van der Waals surface area contributed by atoms with Crippen LogP contribution in [0.5, 0.6) is 5.75 Å². The Morgan fingerprint density at radius 1 is 1.31 bits per heavy atom. The van der Waals surface area contributed by atoms with Crippen molar-refractivity contribution in [3.05, 3.63) is 29.3 Å². The Morgan fingerprint density at radius 2 is 2.00 bits per heavy atom. The summed E-state index contributed by atoms with van der Waals surface area (Å²) in [7, 11) is 2.33. The molecule has 8 nitrogen and oxygen atoms in total. The largest absolute Gasteiger partial charge is 0.507 e. The lowest BCUT2D eigenvalue weighted by atomic mass is 9.66. The number of esters is 2. The number of ketones is 1. The van der Waals surface area contributed by atoms with Crippen molar-refractivity contribution >= 4 is 17.7 Å². The molecule has 1 aliphatic carbocycles. The standard InChI is InChI=1S/C18H20O8/c1-9-17(8-10(26-9)7-13(20)24-2)15(21)14-11(5-4-6-12(14)19)18(17,23)16(22)25-3/h4-6,9-10,19,23H,7-8H2,1-3H3/t9-,10-,17-,18-/m0/s1. The molecule has 3 rings (SSSR count). The van der Waals surface area contributed by atoms with Crippen LogP contribution in [0.15, 0.2) is 18.2 Å². The minimum absolute atomic E-state index is 0.0245. The summed E-state index contributed by atoms with van der Waals surface area (Å²) in [5.74, 6) is -2.51. The number of phenolic OH excluding ortho intramolecular Hbond substituents is 1. The van der Waals surface area contributed by atoms with Gasteiger partial charge in [0.05, 0.1) is 38.4 Å². The summed E-state index contributed by atoms with van der Waals surface area (Å²) in [6, 6.07) is 4.14. The van der Waals surface area contributed by atoms with E-state index in [1.165, 1.54) is 25.3 Å². The maximum atomic E-state index is 13.3. The first-order valence-electron chi connectivity index (χ1n) is 8.14. The smallest absolute Gasteiger partial charge is 0.343 e. The third-order valence-electron chi connectivity index (χ3n) is 5.45. The van der Waals surface area contributed by atoms with Crippen molar-refractivity contribution in [3.8, 4) is 5.75 Å². The molecule has 1 aliphatic heterocycles. The number of ether oxygens (including phenoxy) is 3. The highest BCUT2D eigenvalue weighted by Crippen LogP contribution is 2.60. The molecule has 1 aromatic rings. The average molecular weight is 364 g/mol. The Kier molecular flexibility index (Phi) is 4.28. The third kappa shape index (κ3) is 2.12. The quantitative estimate of drug-likeness (QED) is 0.752. The van der Waals surface area contributed by atoms with Gasteiger partial charge in [-0.25, -0.2) is 4.79 Å². The van der Waals surface area contributed by atoms with E-state index in [0.717, 1.165) is 7.11 Å². The van der Waals surface area contributed by atoms with Crippen molar-refractivity contribution in [2.75, 3.05) is 14.2 Å². The maximum Gasteiger partial charge on any atom is 0.343 e. The predicted octanol–water partition coefficient (Wildman–Crippen LogP) is 0.676. The summed E-state index contributed by atoms with van der Waals surface area (Å²) in [5.41, 5.74) is -4.20. The lowest BCUT2D eigenvalue weighted by molar-refractivity contribution is -0.179. The van der Waals surface area contributed by atoms with E-state index in [-0.39, 0.29) is 29.7 Å². The molecule has 0 aromatic heterocycles. The predicted molar refractivity (Wildman–Crippen MR) is 86.4 cm³/mol. The number of phenols is 1. The van der Waals surface area contributed by atoms with Gasteiger partial charge in [0.25, 0.3) is 0 Å². The highest BCUT2D eigenvalue weighted by molar-refractivity contribution is 6.13. The number of rotatable bonds is 3. The van der Waals surface area contributed by atoms with Gasteiger partial charge in [0.1, 0.15) is 11.2 Å². The minimum atomic E-state index is -2.34. The highest BCUT2D eigenvalue weighted by atomic mass is 16.5. The van der Waals surface area contributed by atoms with E-state index in [0.29, 0.717) is 0 Å². The van der Waals surface area contributed by atoms with Crippen LogP contribution in [-0.4, -0.2) is 54.4 Å². The van der Waals surface area contributed by atoms with Gasteiger partial charge >= 0.3 is 11.9 Å². The van der Waals surface area contributed by atoms with Gasteiger partial charge in [0.15, 0.2) is 5.78 Å². The fraction of sp³-hybridized carbons (Fsp3) is 0.500. The van der Waals surface area contributed by atoms with Crippen LogP contribution < -0.4 is 0 Å². The number of hydrogen-bond donors (Lipinski definition) is 2. The summed E-state index contributed by atoms with van der Waals surface area (Å²) < 4.78 is 15.1. The zero-order chi connectivity index (χ0) is 19.3. The van der Waals surface area contributed by atoms with Gasteiger partial charge in [-0.15, -0.1) is 0 Å². The van der Waals surface area contributed by atoms with Crippen molar-refractivity contribution < 1.29 is 38.8 Å². The number of fused-ring (bicyclic) bond motifs is 1. The van der Waals surface area contributed by atoms with Gasteiger partial charge in [-0.1, -0.05) is 12.1 Å². The first-order chi connectivity index (χ1) is 12.2. The van der Waals surface area contributed by atoms with Crippen molar-refractivity contribution in [1.29, 1.82) is 0 Å². The van der Waals surface area contributed by atoms with Crippen molar-refractivity contribution in [1.82, 2.24) is 0 Å². The third-order valence-corrected chi connectivity index (χ3v) is 5.45. The highest BCUT2D eigenvalue weighted by Gasteiger charge is 2.73. The van der Waals surface area contributed by atoms with Crippen LogP contribution in [0.25, 0.3) is 0 Å². The van der Waals surface area contributed by atoms with Crippen LogP contribution in [0.1, 0.15) is 35.7 Å². The van der Waals surface area contributed by atoms with Gasteiger partial charge in [-0.05, 0) is 19.4 Å². The molecule has 2 aliphatic rings. The molecule has 1 heterocycles. The van der Waals surface area contributed by atoms with Gasteiger partial charge in [0.2, 0.25) is 5.60 Å². The summed E-state index contributed by atoms with van der Waals surface area (Å²) >= 11 is 0. The topological polar surface area (TPSA) is 119 Å². The summed E-state index contributed by atoms with van der Waals surface area (Å²) in [6.45, 7) is 1.55. The van der Waals surface area contributed by atoms with E-state index < -0.39 is 40.9 Å². The van der Waals surface area contributed by atoms with E-state index >= 15 is 0 Å². The number of carbonyl (C=O) groups is 3. The lowest BCUT2D eigenvalue weighted by Crippen LogP contribution is -2.55. The van der Waals surface area contributed by atoms with Crippen molar-refractivity contribution in [3.63, 3.8) is 0 Å². The molecule has 2 N–H and O–H groups in total. The number of aromatic hydroxyl groups is 1. The van der Waals surface area contributed by atoms with Crippen molar-refractivity contribution in [2.24, 2.45) is 5.41 Å². The molecule has 1 spiro atoms. The Bertz CT molecular complexity index is 787. The van der Waals surface area contributed by atoms with E-state index in [9.17, 15) is 24.6 Å². The zero-order valence-electron chi connectivity index (χ0n) is 14.6. The summed E-state index contributed by atoms with van der Waals surface area (Å²) in [4.78, 5) is 37.5. The molecule has 1 saturated heterocycles. The number of methoxy groups -OCH3 is 2. The molecule has 0 saturated carbocycles. The summed E-state index contributed by atoms with van der Waals surface area (Å²) in [6.07, 6.45) is -1.85. The van der Waals surface area contributed by atoms with Crippen LogP contribution in [0.3, 0.4) is 0 Å². The Labute approximate surface area is 149 Å². The molecule has 0 radical (unpaired) electrons. The second kappa shape index (κ2) is 6.07. The SMILES string of the molecule is COC(=O)C[C@H]1C[C@@]2(C(=O)c3c(O)cccc3[C@]2(O)C(=O)OC)[C@H](C)O1. The normalized spacial score (nSPS) is 32.5. The average Bonchev–Trinajstić information content (AvgIpc) is 3.05. The number of Topliss-reactive ketones (excluding diaryl/α,β-unsaturated/α-hetero) is 1. The van der Waals surface area contributed by atoms with Crippen LogP contribution in [-0.2, 0) is 29.4 Å². The van der Waals surface area contributed by atoms with E-state index in [1.54, 1.807) is 6.92 Å². The molecular formula is C18H20O8. The maximum absolute atomic E-state index is 13.3. The van der Waals surface area contributed by atoms with Crippen molar-refractivity contribution in [2.45, 2.75) is 37.6 Å². The van der Waals surface area contributed by atoms with E-state index in [2.05, 4.69) is 4.74 Å². The molecule has 140 valence electrons. The molecule has 1 aromatic carbocycles. The van der Waals surface area contributed by atoms with Gasteiger partial charge in [-0.2, -0.15) is 0 Å². The fourth-order valence-corrected chi connectivity index (χ4v) is 4.23.